The van der Waals surface area contributed by atoms with Gasteiger partial charge < -0.3 is 10.1 Å². The predicted molar refractivity (Wildman–Crippen MR) is 144 cm³/mol. The number of allylic oxidation sites excluding steroid dienone is 1. The molecule has 1 aliphatic rings. The van der Waals surface area contributed by atoms with Crippen LogP contribution in [0.4, 0.5) is 0 Å². The van der Waals surface area contributed by atoms with Crippen LogP contribution >= 0.6 is 11.6 Å². The zero-order valence-electron chi connectivity index (χ0n) is 22.1. The monoisotopic (exact) mass is 509 g/mol. The molecule has 1 amide bonds. The fraction of sp³-hybridized carbons (Fsp3) is 0.433. The molecule has 0 aromatic heterocycles. The molecule has 0 heterocycles. The molecule has 0 aliphatic heterocycles. The Morgan fingerprint density at radius 3 is 2.14 bits per heavy atom. The van der Waals surface area contributed by atoms with Crippen molar-refractivity contribution in [2.45, 2.75) is 71.6 Å². The number of Topliss-reactive ketones (excluding diaryl/α,β-unsaturated/α-hetero) is 2. The van der Waals surface area contributed by atoms with Gasteiger partial charge in [0.25, 0.3) is 5.91 Å². The topological polar surface area (TPSA) is 72.5 Å². The van der Waals surface area contributed by atoms with Gasteiger partial charge in [-0.3, -0.25) is 14.4 Å². The Morgan fingerprint density at radius 2 is 1.53 bits per heavy atom. The van der Waals surface area contributed by atoms with E-state index >= 15 is 0 Å². The molecule has 1 aliphatic carbocycles. The number of nitrogens with one attached hydrogen (secondary N) is 1. The molecule has 0 atom stereocenters. The summed E-state index contributed by atoms with van der Waals surface area (Å²) in [5.74, 6) is -0.849. The molecule has 2 aromatic rings. The zero-order valence-corrected chi connectivity index (χ0v) is 22.8. The minimum Gasteiger partial charge on any atom is -0.493 e. The van der Waals surface area contributed by atoms with Crippen LogP contribution in [0.15, 0.2) is 53.1 Å². The molecule has 2 aromatic carbocycles. The first kappa shape index (κ1) is 27.7. The number of halogens is 1. The molecule has 0 bridgehead atoms. The van der Waals surface area contributed by atoms with Gasteiger partial charge in [-0.1, -0.05) is 89.5 Å². The smallest absolute Gasteiger partial charge is 0.256 e. The van der Waals surface area contributed by atoms with Crippen LogP contribution in [0.3, 0.4) is 0 Å². The first-order valence-corrected chi connectivity index (χ1v) is 13.0. The van der Waals surface area contributed by atoms with Crippen LogP contribution in [0.25, 0.3) is 0 Å². The average Bonchev–Trinajstić information content (AvgIpc) is 2.87. The van der Waals surface area contributed by atoms with Gasteiger partial charge in [0.15, 0.2) is 0 Å². The highest BCUT2D eigenvalue weighted by molar-refractivity contribution is 6.53. The molecule has 0 unspecified atom stereocenters. The van der Waals surface area contributed by atoms with Crippen LogP contribution < -0.4 is 10.1 Å². The summed E-state index contributed by atoms with van der Waals surface area (Å²) >= 11 is 6.12. The largest absolute Gasteiger partial charge is 0.493 e. The number of ether oxygens (including phenoxy) is 1. The second kappa shape index (κ2) is 11.0. The lowest BCUT2D eigenvalue weighted by Gasteiger charge is -2.30. The standard InChI is InChI=1S/C30H36ClNO4/c1-7-29(3,4)19-14-15-23(22(18-19)30(5,6)8-2)36-17-11-16-32-28(35)24-25(31)27(34)21-13-10-9-12-20(21)26(24)33/h9-10,12-15,18H,7-8,11,16-17H2,1-6H3,(H,32,35). The second-order valence-electron chi connectivity index (χ2n) is 10.5. The van der Waals surface area contributed by atoms with E-state index in [1.807, 2.05) is 6.07 Å². The third-order valence-electron chi connectivity index (χ3n) is 7.41. The summed E-state index contributed by atoms with van der Waals surface area (Å²) in [7, 11) is 0. The van der Waals surface area contributed by atoms with Gasteiger partial charge in [0.05, 0.1) is 6.61 Å². The Labute approximate surface area is 219 Å². The summed E-state index contributed by atoms with van der Waals surface area (Å²) in [4.78, 5) is 38.0. The minimum absolute atomic E-state index is 0.0449. The van der Waals surface area contributed by atoms with E-state index in [0.717, 1.165) is 18.6 Å². The molecule has 5 nitrogen and oxygen atoms in total. The quantitative estimate of drug-likeness (QED) is 0.292. The Morgan fingerprint density at radius 1 is 0.917 bits per heavy atom. The van der Waals surface area contributed by atoms with Crippen molar-refractivity contribution in [1.82, 2.24) is 5.32 Å². The molecule has 1 N–H and O–H groups in total. The molecule has 192 valence electrons. The van der Waals surface area contributed by atoms with E-state index in [-0.39, 0.29) is 39.1 Å². The third kappa shape index (κ3) is 5.57. The summed E-state index contributed by atoms with van der Waals surface area (Å²) in [6.45, 7) is 14.0. The summed E-state index contributed by atoms with van der Waals surface area (Å²) in [5, 5.41) is 2.37. The first-order chi connectivity index (χ1) is 16.9. The second-order valence-corrected chi connectivity index (χ2v) is 10.9. The van der Waals surface area contributed by atoms with E-state index < -0.39 is 17.5 Å². The van der Waals surface area contributed by atoms with Crippen molar-refractivity contribution in [2.75, 3.05) is 13.2 Å². The van der Waals surface area contributed by atoms with Gasteiger partial charge >= 0.3 is 0 Å². The van der Waals surface area contributed by atoms with Crippen molar-refractivity contribution in [3.05, 3.63) is 75.3 Å². The first-order valence-electron chi connectivity index (χ1n) is 12.6. The lowest BCUT2D eigenvalue weighted by Crippen LogP contribution is -2.34. The summed E-state index contributed by atoms with van der Waals surface area (Å²) < 4.78 is 6.15. The van der Waals surface area contributed by atoms with Gasteiger partial charge in [0, 0.05) is 23.2 Å². The van der Waals surface area contributed by atoms with Crippen molar-refractivity contribution in [3.63, 3.8) is 0 Å². The van der Waals surface area contributed by atoms with Gasteiger partial charge in [-0.15, -0.1) is 0 Å². The zero-order chi connectivity index (χ0) is 26.7. The number of carbonyl (C=O) groups excluding carboxylic acids is 3. The summed E-state index contributed by atoms with van der Waals surface area (Å²) in [5.41, 5.74) is 2.61. The molecular formula is C30H36ClNO4. The van der Waals surface area contributed by atoms with Crippen LogP contribution in [-0.2, 0) is 15.6 Å². The number of fused-ring (bicyclic) bond motifs is 1. The van der Waals surface area contributed by atoms with Crippen LogP contribution in [0.5, 0.6) is 5.75 Å². The molecule has 0 spiro atoms. The predicted octanol–water partition coefficient (Wildman–Crippen LogP) is 6.52. The van der Waals surface area contributed by atoms with Crippen molar-refractivity contribution in [2.24, 2.45) is 0 Å². The lowest BCUT2D eigenvalue weighted by atomic mass is 9.76. The molecule has 36 heavy (non-hydrogen) atoms. The number of hydrogen-bond acceptors (Lipinski definition) is 4. The van der Waals surface area contributed by atoms with Gasteiger partial charge in [0.2, 0.25) is 11.6 Å². The lowest BCUT2D eigenvalue weighted by molar-refractivity contribution is -0.117. The van der Waals surface area contributed by atoms with Crippen LogP contribution in [0, 0.1) is 0 Å². The van der Waals surface area contributed by atoms with Gasteiger partial charge in [-0.25, -0.2) is 0 Å². The normalized spacial score (nSPS) is 14.1. The maximum atomic E-state index is 12.8. The van der Waals surface area contributed by atoms with E-state index in [9.17, 15) is 14.4 Å². The van der Waals surface area contributed by atoms with Crippen LogP contribution in [-0.4, -0.2) is 30.6 Å². The number of ketones is 2. The molecule has 0 saturated carbocycles. The van der Waals surface area contributed by atoms with E-state index in [1.165, 1.54) is 23.3 Å². The maximum Gasteiger partial charge on any atom is 0.256 e. The Kier molecular flexibility index (Phi) is 8.45. The van der Waals surface area contributed by atoms with Gasteiger partial charge in [-0.2, -0.15) is 0 Å². The van der Waals surface area contributed by atoms with Crippen molar-refractivity contribution in [3.8, 4) is 5.75 Å². The molecule has 0 fully saturated rings. The van der Waals surface area contributed by atoms with E-state index in [2.05, 4.69) is 59.0 Å². The number of rotatable bonds is 10. The fourth-order valence-corrected chi connectivity index (χ4v) is 4.37. The molecular weight excluding hydrogens is 474 g/mol. The van der Waals surface area contributed by atoms with E-state index in [0.29, 0.717) is 13.0 Å². The minimum atomic E-state index is -0.646. The number of amides is 1. The highest BCUT2D eigenvalue weighted by Crippen LogP contribution is 2.38. The summed E-state index contributed by atoms with van der Waals surface area (Å²) in [6.07, 6.45) is 2.55. The van der Waals surface area contributed by atoms with Gasteiger partial charge in [0.1, 0.15) is 16.4 Å². The van der Waals surface area contributed by atoms with Crippen molar-refractivity contribution < 1.29 is 19.1 Å². The Hall–Kier alpha value is -2.92. The highest BCUT2D eigenvalue weighted by Gasteiger charge is 2.34. The number of hydrogen-bond donors (Lipinski definition) is 1. The average molecular weight is 510 g/mol. The molecule has 6 heteroatoms. The van der Waals surface area contributed by atoms with Crippen LogP contribution in [0.1, 0.15) is 92.6 Å². The third-order valence-corrected chi connectivity index (χ3v) is 7.77. The van der Waals surface area contributed by atoms with Gasteiger partial charge in [-0.05, 0) is 41.7 Å². The molecule has 0 radical (unpaired) electrons. The summed E-state index contributed by atoms with van der Waals surface area (Å²) in [6, 6.07) is 12.8. The SMILES string of the molecule is CCC(C)(C)c1ccc(OCCCNC(=O)C2=C(Cl)C(=O)c3ccccc3C2=O)c(C(C)(C)CC)c1. The van der Waals surface area contributed by atoms with E-state index in [1.54, 1.807) is 12.1 Å². The van der Waals surface area contributed by atoms with Crippen LogP contribution in [0.2, 0.25) is 0 Å². The van der Waals surface area contributed by atoms with Crippen molar-refractivity contribution in [1.29, 1.82) is 0 Å². The Bertz CT molecular complexity index is 1210. The Balaban J connectivity index is 1.64. The van der Waals surface area contributed by atoms with E-state index in [4.69, 9.17) is 16.3 Å². The maximum absolute atomic E-state index is 12.8. The molecule has 0 saturated heterocycles. The fourth-order valence-electron chi connectivity index (χ4n) is 4.09. The highest BCUT2D eigenvalue weighted by atomic mass is 35.5. The van der Waals surface area contributed by atoms with Crippen molar-refractivity contribution >= 4 is 29.1 Å². The molecule has 3 rings (SSSR count). The number of benzene rings is 2. The number of carbonyl (C=O) groups is 3.